The Labute approximate surface area is 171 Å². The van der Waals surface area contributed by atoms with Gasteiger partial charge in [0, 0.05) is 56.5 Å². The monoisotopic (exact) mass is 410 g/mol. The lowest BCUT2D eigenvalue weighted by Crippen LogP contribution is -2.42. The van der Waals surface area contributed by atoms with Crippen LogP contribution in [0.3, 0.4) is 0 Å². The second kappa shape index (κ2) is 7.78. The van der Waals surface area contributed by atoms with Crippen molar-refractivity contribution in [2.75, 3.05) is 20.1 Å². The van der Waals surface area contributed by atoms with E-state index in [2.05, 4.69) is 15.3 Å². The van der Waals surface area contributed by atoms with Crippen molar-refractivity contribution < 1.29 is 18.4 Å². The number of carbonyl (C=O) groups is 2. The van der Waals surface area contributed by atoms with Crippen molar-refractivity contribution in [1.29, 1.82) is 0 Å². The molecule has 1 saturated heterocycles. The molecular formula is C22H20F2N4O2. The number of rotatable bonds is 3. The van der Waals surface area contributed by atoms with Crippen LogP contribution in [-0.4, -0.2) is 52.7 Å². The summed E-state index contributed by atoms with van der Waals surface area (Å²) < 4.78 is 26.8. The number of likely N-dealkylation sites (tertiary alicyclic amines) is 1. The number of hydrogen-bond donors (Lipinski definition) is 1. The van der Waals surface area contributed by atoms with Crippen LogP contribution in [0.15, 0.2) is 48.8 Å². The SMILES string of the molecule is CNC(=O)c1ncc(-c2cccc3cc(C(=O)N4CCC(F)(F)CC4)ccc23)cn1. The summed E-state index contributed by atoms with van der Waals surface area (Å²) in [4.78, 5) is 34.1. The van der Waals surface area contributed by atoms with Gasteiger partial charge in [0.1, 0.15) is 0 Å². The van der Waals surface area contributed by atoms with Crippen LogP contribution in [0, 0.1) is 0 Å². The first-order valence-electron chi connectivity index (χ1n) is 9.62. The van der Waals surface area contributed by atoms with Gasteiger partial charge in [-0.3, -0.25) is 9.59 Å². The van der Waals surface area contributed by atoms with Crippen molar-refractivity contribution in [2.24, 2.45) is 0 Å². The molecule has 6 nitrogen and oxygen atoms in total. The normalized spacial score (nSPS) is 15.8. The average Bonchev–Trinajstić information content (AvgIpc) is 2.77. The van der Waals surface area contributed by atoms with E-state index in [4.69, 9.17) is 0 Å². The molecule has 0 saturated carbocycles. The number of halogens is 2. The van der Waals surface area contributed by atoms with E-state index >= 15 is 0 Å². The molecule has 154 valence electrons. The van der Waals surface area contributed by atoms with E-state index in [0.29, 0.717) is 5.56 Å². The molecule has 0 radical (unpaired) electrons. The first kappa shape index (κ1) is 19.9. The molecule has 2 amide bonds. The molecule has 2 heterocycles. The second-order valence-corrected chi connectivity index (χ2v) is 7.26. The molecular weight excluding hydrogens is 390 g/mol. The summed E-state index contributed by atoms with van der Waals surface area (Å²) in [6.07, 6.45) is 2.56. The number of amides is 2. The maximum atomic E-state index is 13.4. The van der Waals surface area contributed by atoms with Gasteiger partial charge >= 0.3 is 0 Å². The highest BCUT2D eigenvalue weighted by Crippen LogP contribution is 2.31. The smallest absolute Gasteiger partial charge is 0.288 e. The molecule has 0 unspecified atom stereocenters. The van der Waals surface area contributed by atoms with Gasteiger partial charge in [0.15, 0.2) is 0 Å². The number of carbonyl (C=O) groups excluding carboxylic acids is 2. The van der Waals surface area contributed by atoms with Gasteiger partial charge in [-0.1, -0.05) is 24.3 Å². The van der Waals surface area contributed by atoms with E-state index in [9.17, 15) is 18.4 Å². The number of nitrogens with zero attached hydrogens (tertiary/aromatic N) is 3. The fourth-order valence-corrected chi connectivity index (χ4v) is 3.58. The van der Waals surface area contributed by atoms with E-state index < -0.39 is 5.92 Å². The summed E-state index contributed by atoms with van der Waals surface area (Å²) in [5.41, 5.74) is 2.08. The molecule has 2 aromatic carbocycles. The highest BCUT2D eigenvalue weighted by molar-refractivity contribution is 6.02. The summed E-state index contributed by atoms with van der Waals surface area (Å²) in [6.45, 7) is 0.109. The van der Waals surface area contributed by atoms with Crippen molar-refractivity contribution in [3.63, 3.8) is 0 Å². The third kappa shape index (κ3) is 3.85. The number of alkyl halides is 2. The summed E-state index contributed by atoms with van der Waals surface area (Å²) in [5.74, 6) is -3.21. The first-order valence-corrected chi connectivity index (χ1v) is 9.62. The van der Waals surface area contributed by atoms with Crippen LogP contribution in [0.4, 0.5) is 8.78 Å². The minimum Gasteiger partial charge on any atom is -0.352 e. The van der Waals surface area contributed by atoms with Gasteiger partial charge in [-0.2, -0.15) is 0 Å². The Morgan fingerprint density at radius 3 is 2.43 bits per heavy atom. The van der Waals surface area contributed by atoms with Crippen molar-refractivity contribution in [3.8, 4) is 11.1 Å². The molecule has 1 N–H and O–H groups in total. The Morgan fingerprint density at radius 2 is 1.77 bits per heavy atom. The summed E-state index contributed by atoms with van der Waals surface area (Å²) in [7, 11) is 1.51. The van der Waals surface area contributed by atoms with Crippen molar-refractivity contribution in [1.82, 2.24) is 20.2 Å². The van der Waals surface area contributed by atoms with E-state index in [1.807, 2.05) is 24.3 Å². The van der Waals surface area contributed by atoms with Crippen LogP contribution in [0.5, 0.6) is 0 Å². The van der Waals surface area contributed by atoms with E-state index in [1.165, 1.54) is 11.9 Å². The lowest BCUT2D eigenvalue weighted by molar-refractivity contribution is -0.0494. The van der Waals surface area contributed by atoms with Gasteiger partial charge < -0.3 is 10.2 Å². The Kier molecular flexibility index (Phi) is 5.15. The van der Waals surface area contributed by atoms with Crippen LogP contribution in [0.2, 0.25) is 0 Å². The average molecular weight is 410 g/mol. The van der Waals surface area contributed by atoms with Crippen LogP contribution in [0.1, 0.15) is 33.8 Å². The molecule has 0 bridgehead atoms. The second-order valence-electron chi connectivity index (χ2n) is 7.26. The first-order chi connectivity index (χ1) is 14.4. The predicted octanol–water partition coefficient (Wildman–Crippen LogP) is 3.53. The van der Waals surface area contributed by atoms with Gasteiger partial charge in [-0.15, -0.1) is 0 Å². The standard InChI is InChI=1S/C22H20F2N4O2/c1-25-20(29)19-26-12-16(13-27-19)17-4-2-3-14-11-15(5-6-18(14)17)21(30)28-9-7-22(23,24)8-10-28/h2-6,11-13H,7-10H2,1H3,(H,25,29). The molecule has 0 aliphatic carbocycles. The quantitative estimate of drug-likeness (QED) is 0.717. The topological polar surface area (TPSA) is 75.2 Å². The largest absolute Gasteiger partial charge is 0.352 e. The third-order valence-corrected chi connectivity index (χ3v) is 5.30. The van der Waals surface area contributed by atoms with E-state index in [1.54, 1.807) is 24.5 Å². The zero-order chi connectivity index (χ0) is 21.3. The number of nitrogens with one attached hydrogen (secondary N) is 1. The molecule has 1 aliphatic heterocycles. The number of benzene rings is 2. The number of piperidine rings is 1. The van der Waals surface area contributed by atoms with Gasteiger partial charge in [-0.25, -0.2) is 18.7 Å². The van der Waals surface area contributed by atoms with Crippen molar-refractivity contribution >= 4 is 22.6 Å². The van der Waals surface area contributed by atoms with Crippen LogP contribution in [0.25, 0.3) is 21.9 Å². The zero-order valence-corrected chi connectivity index (χ0v) is 16.4. The Balaban J connectivity index is 1.62. The molecule has 1 aliphatic rings. The highest BCUT2D eigenvalue weighted by Gasteiger charge is 2.35. The molecule has 3 aromatic rings. The van der Waals surface area contributed by atoms with E-state index in [-0.39, 0.29) is 43.6 Å². The number of fused-ring (bicyclic) bond motifs is 1. The molecule has 4 rings (SSSR count). The Morgan fingerprint density at radius 1 is 1.07 bits per heavy atom. The maximum absolute atomic E-state index is 13.4. The van der Waals surface area contributed by atoms with Crippen LogP contribution in [-0.2, 0) is 0 Å². The molecule has 1 aromatic heterocycles. The van der Waals surface area contributed by atoms with Crippen molar-refractivity contribution in [3.05, 3.63) is 60.2 Å². The van der Waals surface area contributed by atoms with Crippen molar-refractivity contribution in [2.45, 2.75) is 18.8 Å². The predicted molar refractivity (Wildman–Crippen MR) is 108 cm³/mol. The van der Waals surface area contributed by atoms with Crippen LogP contribution >= 0.6 is 0 Å². The number of aromatic nitrogens is 2. The maximum Gasteiger partial charge on any atom is 0.288 e. The summed E-state index contributed by atoms with van der Waals surface area (Å²) in [5, 5.41) is 4.22. The van der Waals surface area contributed by atoms with Gasteiger partial charge in [0.05, 0.1) is 0 Å². The molecule has 1 fully saturated rings. The third-order valence-electron chi connectivity index (χ3n) is 5.30. The van der Waals surface area contributed by atoms with Crippen LogP contribution < -0.4 is 5.32 Å². The van der Waals surface area contributed by atoms with E-state index in [0.717, 1.165) is 21.9 Å². The number of hydrogen-bond acceptors (Lipinski definition) is 4. The van der Waals surface area contributed by atoms with Gasteiger partial charge in [0.25, 0.3) is 17.7 Å². The molecule has 0 spiro atoms. The summed E-state index contributed by atoms with van der Waals surface area (Å²) >= 11 is 0. The lowest BCUT2D eigenvalue weighted by atomic mass is 9.98. The van der Waals surface area contributed by atoms with Gasteiger partial charge in [-0.05, 0) is 28.5 Å². The molecule has 8 heteroatoms. The highest BCUT2D eigenvalue weighted by atomic mass is 19.3. The Hall–Kier alpha value is -3.42. The fourth-order valence-electron chi connectivity index (χ4n) is 3.58. The minimum atomic E-state index is -2.69. The van der Waals surface area contributed by atoms with Gasteiger partial charge in [0.2, 0.25) is 5.82 Å². The summed E-state index contributed by atoms with van der Waals surface area (Å²) in [6, 6.07) is 11.0. The Bertz CT molecular complexity index is 1110. The molecule has 30 heavy (non-hydrogen) atoms. The zero-order valence-electron chi connectivity index (χ0n) is 16.4. The molecule has 0 atom stereocenters. The minimum absolute atomic E-state index is 0.0545. The lowest BCUT2D eigenvalue weighted by Gasteiger charge is -2.31. The fraction of sp³-hybridized carbons (Fsp3) is 0.273.